The lowest BCUT2D eigenvalue weighted by atomic mass is 10.0. The van der Waals surface area contributed by atoms with Crippen LogP contribution in [-0.4, -0.2) is 68.3 Å². The third-order valence-corrected chi connectivity index (χ3v) is 6.61. The fourth-order valence-corrected chi connectivity index (χ4v) is 4.71. The van der Waals surface area contributed by atoms with E-state index in [2.05, 4.69) is 10.2 Å². The summed E-state index contributed by atoms with van der Waals surface area (Å²) >= 11 is 0. The first-order valence-corrected chi connectivity index (χ1v) is 11.6. The topological polar surface area (TPSA) is 59.1 Å². The third-order valence-electron chi connectivity index (χ3n) is 6.61. The van der Waals surface area contributed by atoms with Crippen molar-refractivity contribution >= 4 is 23.0 Å². The highest BCUT2D eigenvalue weighted by Crippen LogP contribution is 2.32. The van der Waals surface area contributed by atoms with E-state index in [-0.39, 0.29) is 5.91 Å². The van der Waals surface area contributed by atoms with Crippen LogP contribution in [-0.2, 0) is 5.92 Å². The van der Waals surface area contributed by atoms with Crippen LogP contribution in [0.1, 0.15) is 35.7 Å². The number of rotatable bonds is 5. The van der Waals surface area contributed by atoms with Gasteiger partial charge in [-0.1, -0.05) is 0 Å². The smallest absolute Gasteiger partial charge is 0.273 e. The number of β-amino-alcohol motifs (C(OH)–C–C–N with tert-alkyl or cyclic N) is 1. The van der Waals surface area contributed by atoms with Gasteiger partial charge >= 0.3 is 0 Å². The number of alkyl halides is 2. The van der Waals surface area contributed by atoms with E-state index in [1.165, 1.54) is 6.07 Å². The molecule has 0 saturated carbocycles. The number of piperidine rings is 1. The summed E-state index contributed by atoms with van der Waals surface area (Å²) in [5.74, 6) is -4.27. The number of benzene rings is 2. The van der Waals surface area contributed by atoms with Gasteiger partial charge in [-0.15, -0.1) is 0 Å². The predicted octanol–water partition coefficient (Wildman–Crippen LogP) is 3.90. The monoisotopic (exact) mass is 476 g/mol. The molecule has 2 aliphatic heterocycles. The molecule has 34 heavy (non-hydrogen) atoms. The first kappa shape index (κ1) is 24.2. The van der Waals surface area contributed by atoms with Gasteiger partial charge in [0.2, 0.25) is 0 Å². The van der Waals surface area contributed by atoms with Gasteiger partial charge in [0.15, 0.2) is 0 Å². The van der Waals surface area contributed by atoms with Gasteiger partial charge in [-0.2, -0.15) is 0 Å². The largest absolute Gasteiger partial charge is 0.391 e. The van der Waals surface area contributed by atoms with E-state index in [1.54, 1.807) is 11.9 Å². The number of aliphatic hydroxyl groups is 1. The van der Waals surface area contributed by atoms with E-state index in [1.807, 2.05) is 23.1 Å². The van der Waals surface area contributed by atoms with E-state index in [0.717, 1.165) is 42.9 Å². The zero-order chi connectivity index (χ0) is 24.5. The fraction of sp³-hybridized carbons (Fsp3) is 0.480. The Morgan fingerprint density at radius 2 is 1.79 bits per heavy atom. The Morgan fingerprint density at radius 1 is 1.06 bits per heavy atom. The molecule has 2 fully saturated rings. The number of carbonyl (C=O) groups is 1. The highest BCUT2D eigenvalue weighted by Gasteiger charge is 2.30. The third kappa shape index (κ3) is 5.09. The molecule has 1 atom stereocenters. The Balaban J connectivity index is 1.49. The standard InChI is InChI=1S/C25H31F3N4O2/c1-25(27,28)21-7-6-18(15-22(21)26)30-10-12-31(13-11-30)24(34)20-14-17(29-2)5-8-23(20)32-9-3-4-19(33)16-32/h5-8,14-15,19,29,33H,3-4,9-13,16H2,1-2H3. The molecule has 2 heterocycles. The molecule has 4 rings (SSSR count). The molecule has 2 saturated heterocycles. The number of anilines is 3. The summed E-state index contributed by atoms with van der Waals surface area (Å²) in [7, 11) is 1.80. The molecular weight excluding hydrogens is 445 g/mol. The lowest BCUT2D eigenvalue weighted by molar-refractivity contribution is 0.0137. The van der Waals surface area contributed by atoms with Crippen LogP contribution in [0.4, 0.5) is 30.2 Å². The number of nitrogens with zero attached hydrogens (tertiary/aromatic N) is 3. The molecule has 2 N–H and O–H groups in total. The SMILES string of the molecule is CNc1ccc(N2CCCC(O)C2)c(C(=O)N2CCN(c3ccc(C(C)(F)F)c(F)c3)CC2)c1. The summed E-state index contributed by atoms with van der Waals surface area (Å²) in [6.45, 7) is 3.74. The molecule has 184 valence electrons. The van der Waals surface area contributed by atoms with Crippen molar-refractivity contribution < 1.29 is 23.1 Å². The summed E-state index contributed by atoms with van der Waals surface area (Å²) in [6, 6.07) is 9.45. The molecule has 0 aromatic heterocycles. The molecule has 0 aliphatic carbocycles. The van der Waals surface area contributed by atoms with Gasteiger partial charge in [-0.05, 0) is 49.2 Å². The molecule has 6 nitrogen and oxygen atoms in total. The van der Waals surface area contributed by atoms with Crippen LogP contribution in [0.5, 0.6) is 0 Å². The average molecular weight is 477 g/mol. The number of hydrogen-bond donors (Lipinski definition) is 2. The second-order valence-corrected chi connectivity index (χ2v) is 9.06. The van der Waals surface area contributed by atoms with Crippen LogP contribution in [0, 0.1) is 5.82 Å². The molecule has 0 radical (unpaired) electrons. The maximum Gasteiger partial charge on any atom is 0.273 e. The number of carbonyl (C=O) groups excluding carboxylic acids is 1. The van der Waals surface area contributed by atoms with Crippen molar-refractivity contribution in [1.82, 2.24) is 4.90 Å². The maximum absolute atomic E-state index is 14.2. The minimum Gasteiger partial charge on any atom is -0.391 e. The van der Waals surface area contributed by atoms with E-state index in [4.69, 9.17) is 0 Å². The second-order valence-electron chi connectivity index (χ2n) is 9.06. The van der Waals surface area contributed by atoms with Gasteiger partial charge in [0.1, 0.15) is 5.82 Å². The summed E-state index contributed by atoms with van der Waals surface area (Å²) < 4.78 is 41.3. The highest BCUT2D eigenvalue weighted by atomic mass is 19.3. The number of aliphatic hydroxyl groups excluding tert-OH is 1. The Morgan fingerprint density at radius 3 is 2.41 bits per heavy atom. The summed E-state index contributed by atoms with van der Waals surface area (Å²) in [5, 5.41) is 13.2. The quantitative estimate of drug-likeness (QED) is 0.686. The number of hydrogen-bond acceptors (Lipinski definition) is 5. The second kappa shape index (κ2) is 9.74. The van der Waals surface area contributed by atoms with Gasteiger partial charge in [-0.25, -0.2) is 13.2 Å². The molecule has 2 aromatic carbocycles. The van der Waals surface area contributed by atoms with Crippen LogP contribution >= 0.6 is 0 Å². The predicted molar refractivity (Wildman–Crippen MR) is 128 cm³/mol. The van der Waals surface area contributed by atoms with Crippen LogP contribution in [0.25, 0.3) is 0 Å². The van der Waals surface area contributed by atoms with E-state index in [0.29, 0.717) is 50.9 Å². The molecule has 9 heteroatoms. The van der Waals surface area contributed by atoms with Gasteiger partial charge in [-0.3, -0.25) is 4.79 Å². The lowest BCUT2D eigenvalue weighted by Crippen LogP contribution is -2.49. The number of amides is 1. The van der Waals surface area contributed by atoms with E-state index < -0.39 is 23.4 Å². The first-order valence-electron chi connectivity index (χ1n) is 11.6. The van der Waals surface area contributed by atoms with Gasteiger partial charge < -0.3 is 25.1 Å². The average Bonchev–Trinajstić information content (AvgIpc) is 2.82. The van der Waals surface area contributed by atoms with Crippen molar-refractivity contribution in [3.63, 3.8) is 0 Å². The molecule has 2 aliphatic rings. The number of halogens is 3. The van der Waals surface area contributed by atoms with Crippen molar-refractivity contribution in [3.8, 4) is 0 Å². The maximum atomic E-state index is 14.2. The normalized spacial score (nSPS) is 19.4. The summed E-state index contributed by atoms with van der Waals surface area (Å²) in [4.78, 5) is 19.2. The van der Waals surface area contributed by atoms with E-state index in [9.17, 15) is 23.1 Å². The van der Waals surface area contributed by atoms with Gasteiger partial charge in [0, 0.05) is 70.3 Å². The molecule has 2 aromatic rings. The summed E-state index contributed by atoms with van der Waals surface area (Å²) in [6.07, 6.45) is 1.21. The van der Waals surface area contributed by atoms with Gasteiger partial charge in [0.25, 0.3) is 11.8 Å². The fourth-order valence-electron chi connectivity index (χ4n) is 4.71. The van der Waals surface area contributed by atoms with E-state index >= 15 is 0 Å². The van der Waals surface area contributed by atoms with Crippen molar-refractivity contribution in [2.75, 3.05) is 61.4 Å². The van der Waals surface area contributed by atoms with Crippen molar-refractivity contribution in [2.45, 2.75) is 31.8 Å². The van der Waals surface area contributed by atoms with Crippen molar-refractivity contribution in [3.05, 3.63) is 53.3 Å². The molecule has 1 unspecified atom stereocenters. The Hall–Kier alpha value is -2.94. The summed E-state index contributed by atoms with van der Waals surface area (Å²) in [5.41, 5.74) is 2.12. The van der Waals surface area contributed by atoms with Crippen molar-refractivity contribution in [2.24, 2.45) is 0 Å². The van der Waals surface area contributed by atoms with Crippen LogP contribution in [0.15, 0.2) is 36.4 Å². The van der Waals surface area contributed by atoms with Gasteiger partial charge in [0.05, 0.1) is 17.2 Å². The molecule has 1 amide bonds. The number of nitrogens with one attached hydrogen (secondary N) is 1. The van der Waals surface area contributed by atoms with Crippen LogP contribution < -0.4 is 15.1 Å². The zero-order valence-electron chi connectivity index (χ0n) is 19.5. The Labute approximate surface area is 198 Å². The van der Waals surface area contributed by atoms with Crippen molar-refractivity contribution in [1.29, 1.82) is 0 Å². The Kier molecular flexibility index (Phi) is 6.93. The minimum absolute atomic E-state index is 0.0982. The first-order chi connectivity index (χ1) is 16.2. The molecule has 0 bridgehead atoms. The minimum atomic E-state index is -3.24. The Bertz CT molecular complexity index is 1040. The number of piperazine rings is 1. The molecule has 0 spiro atoms. The lowest BCUT2D eigenvalue weighted by Gasteiger charge is -2.38. The molecular formula is C25H31F3N4O2. The van der Waals surface area contributed by atoms with Crippen LogP contribution in [0.3, 0.4) is 0 Å². The highest BCUT2D eigenvalue weighted by molar-refractivity contribution is 6.01. The zero-order valence-corrected chi connectivity index (χ0v) is 19.5. The van der Waals surface area contributed by atoms with Crippen LogP contribution in [0.2, 0.25) is 0 Å².